The summed E-state index contributed by atoms with van der Waals surface area (Å²) >= 11 is 0. The number of halogens is 1. The molecule has 156 valence electrons. The summed E-state index contributed by atoms with van der Waals surface area (Å²) in [5.41, 5.74) is 2.82. The van der Waals surface area contributed by atoms with Crippen LogP contribution in [0.4, 0.5) is 10.1 Å². The second-order valence-electron chi connectivity index (χ2n) is 7.30. The molecule has 0 atom stereocenters. The van der Waals surface area contributed by atoms with Crippen molar-refractivity contribution in [1.82, 2.24) is 14.8 Å². The van der Waals surface area contributed by atoms with Gasteiger partial charge in [-0.25, -0.2) is 9.18 Å². The third kappa shape index (κ3) is 3.42. The monoisotopic (exact) mass is 418 g/mol. The van der Waals surface area contributed by atoms with Crippen molar-refractivity contribution in [2.24, 2.45) is 0 Å². The molecule has 0 saturated carbocycles. The molecule has 0 radical (unpaired) electrons. The summed E-state index contributed by atoms with van der Waals surface area (Å²) in [7, 11) is 3.69. The highest BCUT2D eigenvalue weighted by atomic mass is 19.1. The van der Waals surface area contributed by atoms with E-state index in [1.165, 1.54) is 23.0 Å². The van der Waals surface area contributed by atoms with E-state index in [4.69, 9.17) is 5.11 Å². The maximum absolute atomic E-state index is 14.8. The molecule has 0 unspecified atom stereocenters. The second-order valence-corrected chi connectivity index (χ2v) is 7.30. The van der Waals surface area contributed by atoms with E-state index in [2.05, 4.69) is 10.1 Å². The van der Waals surface area contributed by atoms with Gasteiger partial charge in [-0.2, -0.15) is 9.78 Å². The number of pyridine rings is 1. The van der Waals surface area contributed by atoms with Crippen LogP contribution in [0.2, 0.25) is 0 Å². The van der Waals surface area contributed by atoms with Crippen molar-refractivity contribution in [3.63, 3.8) is 0 Å². The highest BCUT2D eigenvalue weighted by molar-refractivity contribution is 6.07. The minimum Gasteiger partial charge on any atom is -0.478 e. The molecule has 1 N–H and O–H groups in total. The molecule has 2 heterocycles. The third-order valence-electron chi connectivity index (χ3n) is 5.05. The SMILES string of the molecule is Cc1cccc(N(C)C)c1C(=O)n1nc(-c2ccc(C(=O)O)cc2F)c2ncccc21. The number of rotatable bonds is 4. The Balaban J connectivity index is 1.94. The molecule has 8 heteroatoms. The van der Waals surface area contributed by atoms with Crippen LogP contribution in [0.1, 0.15) is 26.3 Å². The van der Waals surface area contributed by atoms with Crippen LogP contribution in [0, 0.1) is 12.7 Å². The Labute approximate surface area is 177 Å². The number of nitrogens with zero attached hydrogens (tertiary/aromatic N) is 4. The van der Waals surface area contributed by atoms with E-state index in [9.17, 15) is 14.0 Å². The van der Waals surface area contributed by atoms with E-state index in [0.717, 1.165) is 17.3 Å². The lowest BCUT2D eigenvalue weighted by molar-refractivity contribution is 0.0696. The van der Waals surface area contributed by atoms with Crippen LogP contribution >= 0.6 is 0 Å². The summed E-state index contributed by atoms with van der Waals surface area (Å²) in [4.78, 5) is 30.8. The Kier molecular flexibility index (Phi) is 4.98. The van der Waals surface area contributed by atoms with E-state index in [1.54, 1.807) is 12.1 Å². The van der Waals surface area contributed by atoms with Crippen molar-refractivity contribution >= 4 is 28.6 Å². The van der Waals surface area contributed by atoms with Crippen molar-refractivity contribution in [2.45, 2.75) is 6.92 Å². The molecule has 4 rings (SSSR count). The normalized spacial score (nSPS) is 11.0. The fourth-order valence-corrected chi connectivity index (χ4v) is 3.54. The van der Waals surface area contributed by atoms with Crippen molar-refractivity contribution in [2.75, 3.05) is 19.0 Å². The predicted molar refractivity (Wildman–Crippen MR) is 115 cm³/mol. The van der Waals surface area contributed by atoms with Crippen molar-refractivity contribution in [3.8, 4) is 11.3 Å². The Morgan fingerprint density at radius 2 is 1.87 bits per heavy atom. The number of aryl methyl sites for hydroxylation is 1. The fourth-order valence-electron chi connectivity index (χ4n) is 3.54. The van der Waals surface area contributed by atoms with E-state index in [1.807, 2.05) is 44.1 Å². The zero-order valence-electron chi connectivity index (χ0n) is 17.1. The molecule has 0 spiro atoms. The summed E-state index contributed by atoms with van der Waals surface area (Å²) in [6.45, 7) is 1.84. The van der Waals surface area contributed by atoms with Gasteiger partial charge in [-0.15, -0.1) is 0 Å². The van der Waals surface area contributed by atoms with Gasteiger partial charge in [0.2, 0.25) is 0 Å². The minimum atomic E-state index is -1.23. The molecule has 2 aromatic carbocycles. The topological polar surface area (TPSA) is 88.3 Å². The van der Waals surface area contributed by atoms with Gasteiger partial charge in [0, 0.05) is 31.5 Å². The van der Waals surface area contributed by atoms with Gasteiger partial charge in [-0.1, -0.05) is 12.1 Å². The van der Waals surface area contributed by atoms with Crippen LogP contribution in [-0.2, 0) is 0 Å². The molecule has 31 heavy (non-hydrogen) atoms. The second kappa shape index (κ2) is 7.64. The van der Waals surface area contributed by atoms with Gasteiger partial charge < -0.3 is 10.0 Å². The lowest BCUT2D eigenvalue weighted by atomic mass is 10.1. The number of anilines is 1. The molecule has 2 aromatic heterocycles. The summed E-state index contributed by atoms with van der Waals surface area (Å²) in [6, 6.07) is 12.5. The quantitative estimate of drug-likeness (QED) is 0.539. The van der Waals surface area contributed by atoms with Crippen molar-refractivity contribution in [3.05, 3.63) is 77.2 Å². The van der Waals surface area contributed by atoms with E-state index >= 15 is 0 Å². The molecule has 0 aliphatic rings. The molecule has 7 nitrogen and oxygen atoms in total. The third-order valence-corrected chi connectivity index (χ3v) is 5.05. The van der Waals surface area contributed by atoms with E-state index in [0.29, 0.717) is 16.6 Å². The number of aromatic nitrogens is 3. The molecule has 0 aliphatic carbocycles. The highest BCUT2D eigenvalue weighted by Gasteiger charge is 2.24. The van der Waals surface area contributed by atoms with Gasteiger partial charge in [0.25, 0.3) is 5.91 Å². The van der Waals surface area contributed by atoms with Gasteiger partial charge >= 0.3 is 5.97 Å². The number of carboxylic acid groups (broad SMARTS) is 1. The van der Waals surface area contributed by atoms with Gasteiger partial charge in [0.15, 0.2) is 0 Å². The van der Waals surface area contributed by atoms with Crippen molar-refractivity contribution in [1.29, 1.82) is 0 Å². The molecule has 0 amide bonds. The van der Waals surface area contributed by atoms with Crippen LogP contribution in [-0.4, -0.2) is 45.8 Å². The lowest BCUT2D eigenvalue weighted by Gasteiger charge is -2.18. The number of carbonyl (C=O) groups is 2. The van der Waals surface area contributed by atoms with Crippen LogP contribution in [0.25, 0.3) is 22.3 Å². The number of aromatic carboxylic acids is 1. The maximum Gasteiger partial charge on any atom is 0.335 e. The summed E-state index contributed by atoms with van der Waals surface area (Å²) < 4.78 is 16.0. The highest BCUT2D eigenvalue weighted by Crippen LogP contribution is 2.31. The molecule has 0 bridgehead atoms. The number of carbonyl (C=O) groups excluding carboxylic acids is 1. The van der Waals surface area contributed by atoms with Crippen molar-refractivity contribution < 1.29 is 19.1 Å². The largest absolute Gasteiger partial charge is 0.478 e. The smallest absolute Gasteiger partial charge is 0.335 e. The number of benzene rings is 2. The molecule has 0 saturated heterocycles. The van der Waals surface area contributed by atoms with Gasteiger partial charge in [-0.3, -0.25) is 9.78 Å². The first kappa shape index (κ1) is 20.2. The standard InChI is InChI=1S/C23H19FN4O3/c1-13-6-4-7-17(27(2)3)19(13)22(29)28-18-8-5-11-25-21(18)20(26-28)15-10-9-14(23(30)31)12-16(15)24/h4-12H,1-3H3,(H,30,31). The first-order valence-corrected chi connectivity index (χ1v) is 9.48. The lowest BCUT2D eigenvalue weighted by Crippen LogP contribution is -2.20. The number of carboxylic acids is 1. The molecular weight excluding hydrogens is 399 g/mol. The number of fused-ring (bicyclic) bond motifs is 1. The Morgan fingerprint density at radius 3 is 2.55 bits per heavy atom. The number of hydrogen-bond donors (Lipinski definition) is 1. The fraction of sp³-hybridized carbons (Fsp3) is 0.130. The summed E-state index contributed by atoms with van der Waals surface area (Å²) in [5, 5.41) is 13.5. The minimum absolute atomic E-state index is 0.0675. The van der Waals surface area contributed by atoms with Crippen LogP contribution in [0.3, 0.4) is 0 Å². The maximum atomic E-state index is 14.8. The average molecular weight is 418 g/mol. The summed E-state index contributed by atoms with van der Waals surface area (Å²) in [6.07, 6.45) is 1.53. The Morgan fingerprint density at radius 1 is 1.10 bits per heavy atom. The molecule has 0 aliphatic heterocycles. The van der Waals surface area contributed by atoms with Gasteiger partial charge in [-0.05, 0) is 48.9 Å². The Bertz CT molecular complexity index is 1340. The van der Waals surface area contributed by atoms with E-state index in [-0.39, 0.29) is 22.7 Å². The molecule has 0 fully saturated rings. The molecular formula is C23H19FN4O3. The van der Waals surface area contributed by atoms with Crippen LogP contribution in [0.15, 0.2) is 54.7 Å². The van der Waals surface area contributed by atoms with Crippen LogP contribution < -0.4 is 4.90 Å². The zero-order chi connectivity index (χ0) is 22.3. The van der Waals surface area contributed by atoms with Gasteiger partial charge in [0.1, 0.15) is 17.0 Å². The van der Waals surface area contributed by atoms with Crippen LogP contribution in [0.5, 0.6) is 0 Å². The zero-order valence-corrected chi connectivity index (χ0v) is 17.1. The summed E-state index contributed by atoms with van der Waals surface area (Å²) in [5.74, 6) is -2.35. The average Bonchev–Trinajstić information content (AvgIpc) is 3.12. The number of hydrogen-bond acceptors (Lipinski definition) is 5. The first-order valence-electron chi connectivity index (χ1n) is 9.48. The van der Waals surface area contributed by atoms with E-state index < -0.39 is 11.8 Å². The Hall–Kier alpha value is -4.07. The first-order chi connectivity index (χ1) is 14.8. The predicted octanol–water partition coefficient (Wildman–Crippen LogP) is 4.00. The van der Waals surface area contributed by atoms with Gasteiger partial charge in [0.05, 0.1) is 16.6 Å². The molecule has 4 aromatic rings.